The number of unbranched alkanes of at least 4 members (excludes halogenated alkanes) is 34. The molecule has 0 aromatic heterocycles. The van der Waals surface area contributed by atoms with E-state index in [1.54, 1.807) is 6.08 Å². The quantitative estimate of drug-likeness (QED) is 0.0195. The molecule has 0 aromatic carbocycles. The normalized spacial score (nSPS) is 18.6. The molecule has 0 bridgehead atoms. The lowest BCUT2D eigenvalue weighted by atomic mass is 9.99. The summed E-state index contributed by atoms with van der Waals surface area (Å²) in [6, 6.07) is -1.04. The number of rotatable bonds is 64. The van der Waals surface area contributed by atoms with Crippen LogP contribution in [0.15, 0.2) is 109 Å². The highest BCUT2D eigenvalue weighted by atomic mass is 16.7. The van der Waals surface area contributed by atoms with E-state index >= 15 is 0 Å². The maximum Gasteiger partial charge on any atom is 0.306 e. The van der Waals surface area contributed by atoms with Gasteiger partial charge < -0.3 is 45.1 Å². The largest absolute Gasteiger partial charge is 0.454 e. The van der Waals surface area contributed by atoms with Crippen LogP contribution >= 0.6 is 0 Å². The van der Waals surface area contributed by atoms with Gasteiger partial charge in [-0.25, -0.2) is 0 Å². The third-order valence-electron chi connectivity index (χ3n) is 17.2. The molecule has 91 heavy (non-hydrogen) atoms. The van der Waals surface area contributed by atoms with Crippen LogP contribution in [-0.4, -0.2) is 99.6 Å². The molecule has 1 saturated heterocycles. The van der Waals surface area contributed by atoms with E-state index in [1.807, 2.05) is 6.08 Å². The molecule has 8 atom stereocenters. The van der Waals surface area contributed by atoms with Gasteiger partial charge in [0.25, 0.3) is 0 Å². The molecule has 1 rings (SSSR count). The molecule has 1 amide bonds. The third kappa shape index (κ3) is 53.3. The summed E-state index contributed by atoms with van der Waals surface area (Å²) >= 11 is 0. The van der Waals surface area contributed by atoms with Crippen molar-refractivity contribution in [1.82, 2.24) is 5.32 Å². The van der Waals surface area contributed by atoms with Crippen molar-refractivity contribution in [2.24, 2.45) is 0 Å². The lowest BCUT2D eigenvalue weighted by Crippen LogP contribution is -2.61. The highest BCUT2D eigenvalue weighted by Gasteiger charge is 2.47. The summed E-state index contributed by atoms with van der Waals surface area (Å²) in [5, 5.41) is 57.3. The van der Waals surface area contributed by atoms with Crippen LogP contribution in [0.5, 0.6) is 0 Å². The molecule has 11 heteroatoms. The highest BCUT2D eigenvalue weighted by Crippen LogP contribution is 2.26. The standard InChI is InChI=1S/C80H139NO10/c1-4-7-10-13-16-19-22-24-26-28-30-32-34-36-38-39-41-43-45-47-49-52-55-58-61-64-67-73(84)79(88)81-71(72(83)66-63-60-57-54-51-21-18-15-12-9-6-3)70-89-80-78(77(87)76(86)74(69-82)90-80)91-75(85)68-65-62-59-56-53-50-48-46-44-42-40-37-35-33-31-29-27-25-23-20-17-14-11-8-5-2/h7,10,16-17,19-20,24-27,30,32,36,38,41,43,63,66,71-74,76-78,80,82-84,86-87H,4-6,8-9,11-15,18,21-23,28-29,31,33-35,37,39-40,42,44-62,64-65,67-70H2,1-3H3,(H,81,88)/b10-7-,19-16-,20-17-,26-24-,27-25-,32-30-,38-36-,43-41-,66-63+. The molecule has 1 aliphatic rings. The molecule has 1 aliphatic heterocycles. The summed E-state index contributed by atoms with van der Waals surface area (Å²) in [6.45, 7) is 5.67. The molecule has 1 heterocycles. The number of carbonyl (C=O) groups is 2. The molecule has 0 spiro atoms. The van der Waals surface area contributed by atoms with Gasteiger partial charge in [0.1, 0.15) is 24.4 Å². The van der Waals surface area contributed by atoms with Gasteiger partial charge in [-0.2, -0.15) is 0 Å². The summed E-state index contributed by atoms with van der Waals surface area (Å²) in [5.74, 6) is -1.20. The fourth-order valence-corrected chi connectivity index (χ4v) is 11.3. The van der Waals surface area contributed by atoms with Crippen LogP contribution in [0.25, 0.3) is 0 Å². The van der Waals surface area contributed by atoms with E-state index in [2.05, 4.69) is 123 Å². The second-order valence-corrected chi connectivity index (χ2v) is 25.6. The van der Waals surface area contributed by atoms with Gasteiger partial charge in [-0.05, 0) is 109 Å². The highest BCUT2D eigenvalue weighted by molar-refractivity contribution is 5.80. The number of aliphatic hydroxyl groups excluding tert-OH is 5. The van der Waals surface area contributed by atoms with Crippen LogP contribution in [0.1, 0.15) is 323 Å². The van der Waals surface area contributed by atoms with Crippen LogP contribution in [0.3, 0.4) is 0 Å². The average Bonchev–Trinajstić information content (AvgIpc) is 1.02. The second-order valence-electron chi connectivity index (χ2n) is 25.6. The molecular formula is C80H139NO10. The molecular weight excluding hydrogens is 1130 g/mol. The summed E-state index contributed by atoms with van der Waals surface area (Å²) in [4.78, 5) is 26.7. The number of hydrogen-bond acceptors (Lipinski definition) is 10. The van der Waals surface area contributed by atoms with Crippen LogP contribution in [-0.2, 0) is 23.8 Å². The smallest absolute Gasteiger partial charge is 0.306 e. The predicted molar refractivity (Wildman–Crippen MR) is 384 cm³/mol. The van der Waals surface area contributed by atoms with Crippen molar-refractivity contribution < 1.29 is 49.3 Å². The Morgan fingerprint density at radius 3 is 1.21 bits per heavy atom. The maximum absolute atomic E-state index is 13.5. The van der Waals surface area contributed by atoms with Gasteiger partial charge in [0.15, 0.2) is 12.4 Å². The van der Waals surface area contributed by atoms with Gasteiger partial charge in [0.2, 0.25) is 5.91 Å². The summed E-state index contributed by atoms with van der Waals surface area (Å²) < 4.78 is 17.7. The Morgan fingerprint density at radius 2 is 0.791 bits per heavy atom. The Morgan fingerprint density at radius 1 is 0.440 bits per heavy atom. The fraction of sp³-hybridized carbons (Fsp3) is 0.750. The SMILES string of the molecule is CC/C=C\C/C=C\C/C=C\C/C=C\C/C=C\C/C=C\CCCCCCCCCC(O)C(=O)NC(COC1OC(CO)C(O)C(O)C1OC(=O)CCCCCCCCCCCCCCCCC/C=C\C/C=C\CCCCC)C(O)/C=C/CCCCCCCCCCC. The Kier molecular flexibility index (Phi) is 62.2. The Bertz CT molecular complexity index is 1900. The lowest BCUT2D eigenvalue weighted by Gasteiger charge is -2.41. The maximum atomic E-state index is 13.5. The van der Waals surface area contributed by atoms with Gasteiger partial charge in [0.05, 0.1) is 25.4 Å². The van der Waals surface area contributed by atoms with Crippen LogP contribution < -0.4 is 5.32 Å². The van der Waals surface area contributed by atoms with Gasteiger partial charge in [-0.3, -0.25) is 9.59 Å². The van der Waals surface area contributed by atoms with Crippen LogP contribution in [0.4, 0.5) is 0 Å². The van der Waals surface area contributed by atoms with E-state index < -0.39 is 67.4 Å². The van der Waals surface area contributed by atoms with E-state index in [-0.39, 0.29) is 19.4 Å². The fourth-order valence-electron chi connectivity index (χ4n) is 11.3. The summed E-state index contributed by atoms with van der Waals surface area (Å²) in [7, 11) is 0. The minimum absolute atomic E-state index is 0.119. The van der Waals surface area contributed by atoms with E-state index in [0.717, 1.165) is 122 Å². The molecule has 0 radical (unpaired) electrons. The first kappa shape index (κ1) is 85.3. The van der Waals surface area contributed by atoms with Crippen molar-refractivity contribution in [3.05, 3.63) is 109 Å². The van der Waals surface area contributed by atoms with E-state index in [0.29, 0.717) is 12.8 Å². The first-order valence-electron chi connectivity index (χ1n) is 37.7. The van der Waals surface area contributed by atoms with Crippen molar-refractivity contribution in [1.29, 1.82) is 0 Å². The number of allylic oxidation sites excluding steroid dienone is 17. The molecule has 524 valence electrons. The minimum Gasteiger partial charge on any atom is -0.454 e. The van der Waals surface area contributed by atoms with Crippen LogP contribution in [0, 0.1) is 0 Å². The number of esters is 1. The number of nitrogens with one attached hydrogen (secondary N) is 1. The van der Waals surface area contributed by atoms with Crippen molar-refractivity contribution in [2.75, 3.05) is 13.2 Å². The Balaban J connectivity index is 2.53. The first-order valence-corrected chi connectivity index (χ1v) is 37.7. The summed E-state index contributed by atoms with van der Waals surface area (Å²) in [6.07, 6.45) is 81.3. The minimum atomic E-state index is -1.62. The molecule has 8 unspecified atom stereocenters. The third-order valence-corrected chi connectivity index (χ3v) is 17.2. The number of hydrogen-bond donors (Lipinski definition) is 6. The topological polar surface area (TPSA) is 175 Å². The Labute approximate surface area is 558 Å². The number of amides is 1. The zero-order valence-electron chi connectivity index (χ0n) is 58.4. The second kappa shape index (κ2) is 66.3. The Hall–Kier alpha value is -3.68. The molecule has 11 nitrogen and oxygen atoms in total. The molecule has 0 saturated carbocycles. The van der Waals surface area contributed by atoms with Gasteiger partial charge in [0, 0.05) is 6.42 Å². The van der Waals surface area contributed by atoms with Gasteiger partial charge in [-0.15, -0.1) is 0 Å². The predicted octanol–water partition coefficient (Wildman–Crippen LogP) is 20.0. The number of aliphatic hydroxyl groups is 5. The van der Waals surface area contributed by atoms with Crippen LogP contribution in [0.2, 0.25) is 0 Å². The van der Waals surface area contributed by atoms with Crippen molar-refractivity contribution in [3.8, 4) is 0 Å². The first-order chi connectivity index (χ1) is 44.7. The lowest BCUT2D eigenvalue weighted by molar-refractivity contribution is -0.305. The molecule has 0 aliphatic carbocycles. The van der Waals surface area contributed by atoms with Gasteiger partial charge >= 0.3 is 5.97 Å². The molecule has 6 N–H and O–H groups in total. The number of carbonyl (C=O) groups excluding carboxylic acids is 2. The average molecular weight is 1270 g/mol. The van der Waals surface area contributed by atoms with E-state index in [1.165, 1.54) is 154 Å². The van der Waals surface area contributed by atoms with Crippen molar-refractivity contribution >= 4 is 11.9 Å². The van der Waals surface area contributed by atoms with Crippen molar-refractivity contribution in [3.63, 3.8) is 0 Å². The monoisotopic (exact) mass is 1270 g/mol. The summed E-state index contributed by atoms with van der Waals surface area (Å²) in [5.41, 5.74) is 0. The van der Waals surface area contributed by atoms with E-state index in [9.17, 15) is 35.1 Å². The zero-order valence-corrected chi connectivity index (χ0v) is 58.4. The zero-order chi connectivity index (χ0) is 66.0. The molecule has 1 fully saturated rings. The van der Waals surface area contributed by atoms with E-state index in [4.69, 9.17) is 14.2 Å². The van der Waals surface area contributed by atoms with Crippen molar-refractivity contribution in [2.45, 2.75) is 372 Å². The van der Waals surface area contributed by atoms with Gasteiger partial charge in [-0.1, -0.05) is 316 Å². The number of ether oxygens (including phenoxy) is 3. The molecule has 0 aromatic rings.